The number of aryl methyl sites for hydroxylation is 1. The second-order valence-electron chi connectivity index (χ2n) is 6.28. The molecule has 0 saturated heterocycles. The predicted molar refractivity (Wildman–Crippen MR) is 114 cm³/mol. The lowest BCUT2D eigenvalue weighted by Gasteiger charge is -2.11. The van der Waals surface area contributed by atoms with Crippen molar-refractivity contribution in [1.29, 1.82) is 0 Å². The fourth-order valence-electron chi connectivity index (χ4n) is 2.59. The molecule has 5 nitrogen and oxygen atoms in total. The van der Waals surface area contributed by atoms with Gasteiger partial charge in [0.05, 0.1) is 0 Å². The highest BCUT2D eigenvalue weighted by Gasteiger charge is 2.06. The molecule has 0 bridgehead atoms. The second-order valence-corrected chi connectivity index (χ2v) is 6.72. The van der Waals surface area contributed by atoms with Gasteiger partial charge in [0.15, 0.2) is 6.61 Å². The Morgan fingerprint density at radius 1 is 0.862 bits per heavy atom. The van der Waals surface area contributed by atoms with E-state index in [1.54, 1.807) is 42.5 Å². The summed E-state index contributed by atoms with van der Waals surface area (Å²) < 4.78 is 16.8. The standard InChI is InChI=1S/C23H22ClNO4/c1-17-15-18(24)7-12-22(17)29-16-23(26)25-19-8-10-21(11-9-19)28-14-13-27-20-5-3-2-4-6-20/h2-12,15H,13-14,16H2,1H3,(H,25,26). The zero-order valence-electron chi connectivity index (χ0n) is 16.1. The number of hydrogen-bond donors (Lipinski definition) is 1. The van der Waals surface area contributed by atoms with Crippen LogP contribution in [0.1, 0.15) is 5.56 Å². The van der Waals surface area contributed by atoms with E-state index >= 15 is 0 Å². The highest BCUT2D eigenvalue weighted by molar-refractivity contribution is 6.30. The Balaban J connectivity index is 1.39. The number of anilines is 1. The minimum absolute atomic E-state index is 0.0858. The Morgan fingerprint density at radius 3 is 2.17 bits per heavy atom. The molecule has 0 saturated carbocycles. The molecule has 0 radical (unpaired) electrons. The van der Waals surface area contributed by atoms with Crippen LogP contribution in [-0.2, 0) is 4.79 Å². The molecule has 0 aliphatic rings. The molecule has 0 aliphatic heterocycles. The number of para-hydroxylation sites is 1. The van der Waals surface area contributed by atoms with Crippen molar-refractivity contribution in [2.24, 2.45) is 0 Å². The summed E-state index contributed by atoms with van der Waals surface area (Å²) in [6, 6.07) is 22.0. The van der Waals surface area contributed by atoms with Crippen LogP contribution in [0.4, 0.5) is 5.69 Å². The number of rotatable bonds is 9. The molecule has 0 aromatic heterocycles. The topological polar surface area (TPSA) is 56.8 Å². The van der Waals surface area contributed by atoms with Crippen molar-refractivity contribution in [2.45, 2.75) is 6.92 Å². The van der Waals surface area contributed by atoms with Crippen LogP contribution in [0.5, 0.6) is 17.2 Å². The third-order valence-corrected chi connectivity index (χ3v) is 4.23. The third kappa shape index (κ3) is 6.73. The average Bonchev–Trinajstić information content (AvgIpc) is 2.72. The molecule has 150 valence electrons. The van der Waals surface area contributed by atoms with E-state index in [-0.39, 0.29) is 12.5 Å². The Morgan fingerprint density at radius 2 is 1.52 bits per heavy atom. The van der Waals surface area contributed by atoms with Crippen LogP contribution >= 0.6 is 11.6 Å². The number of carbonyl (C=O) groups excluding carboxylic acids is 1. The first kappa shape index (κ1) is 20.6. The van der Waals surface area contributed by atoms with Crippen LogP contribution < -0.4 is 19.5 Å². The number of hydrogen-bond acceptors (Lipinski definition) is 4. The van der Waals surface area contributed by atoms with E-state index in [0.29, 0.717) is 35.4 Å². The molecule has 3 rings (SSSR count). The van der Waals surface area contributed by atoms with E-state index in [1.165, 1.54) is 0 Å². The van der Waals surface area contributed by atoms with Gasteiger partial charge in [0.25, 0.3) is 5.91 Å². The monoisotopic (exact) mass is 411 g/mol. The highest BCUT2D eigenvalue weighted by atomic mass is 35.5. The summed E-state index contributed by atoms with van der Waals surface area (Å²) in [7, 11) is 0. The number of ether oxygens (including phenoxy) is 3. The van der Waals surface area contributed by atoms with Crippen molar-refractivity contribution in [3.8, 4) is 17.2 Å². The molecule has 0 heterocycles. The molecule has 0 fully saturated rings. The summed E-state index contributed by atoms with van der Waals surface area (Å²) >= 11 is 5.92. The van der Waals surface area contributed by atoms with Crippen molar-refractivity contribution in [2.75, 3.05) is 25.1 Å². The highest BCUT2D eigenvalue weighted by Crippen LogP contribution is 2.22. The van der Waals surface area contributed by atoms with Gasteiger partial charge in [0.2, 0.25) is 0 Å². The van der Waals surface area contributed by atoms with Crippen molar-refractivity contribution in [3.63, 3.8) is 0 Å². The van der Waals surface area contributed by atoms with Gasteiger partial charge >= 0.3 is 0 Å². The van der Waals surface area contributed by atoms with E-state index in [2.05, 4.69) is 5.32 Å². The van der Waals surface area contributed by atoms with E-state index in [1.807, 2.05) is 37.3 Å². The molecule has 1 amide bonds. The lowest BCUT2D eigenvalue weighted by molar-refractivity contribution is -0.118. The van der Waals surface area contributed by atoms with E-state index < -0.39 is 0 Å². The van der Waals surface area contributed by atoms with Crippen LogP contribution in [0.15, 0.2) is 72.8 Å². The molecular formula is C23H22ClNO4. The van der Waals surface area contributed by atoms with Crippen LogP contribution in [0.3, 0.4) is 0 Å². The Kier molecular flexibility index (Phi) is 7.36. The number of nitrogens with one attached hydrogen (secondary N) is 1. The Hall–Kier alpha value is -3.18. The largest absolute Gasteiger partial charge is 0.490 e. The predicted octanol–water partition coefficient (Wildman–Crippen LogP) is 5.12. The van der Waals surface area contributed by atoms with Gasteiger partial charge in [-0.2, -0.15) is 0 Å². The molecule has 0 aliphatic carbocycles. The van der Waals surface area contributed by atoms with Gasteiger partial charge in [-0.25, -0.2) is 0 Å². The fourth-order valence-corrected chi connectivity index (χ4v) is 2.81. The Labute approximate surface area is 175 Å². The quantitative estimate of drug-likeness (QED) is 0.496. The fraction of sp³-hybridized carbons (Fsp3) is 0.174. The first-order valence-electron chi connectivity index (χ1n) is 9.20. The summed E-state index contributed by atoms with van der Waals surface area (Å²) in [5, 5.41) is 3.42. The summed E-state index contributed by atoms with van der Waals surface area (Å²) in [6.07, 6.45) is 0. The maximum atomic E-state index is 12.1. The zero-order chi connectivity index (χ0) is 20.5. The molecular weight excluding hydrogens is 390 g/mol. The minimum Gasteiger partial charge on any atom is -0.490 e. The third-order valence-electron chi connectivity index (χ3n) is 4.00. The molecule has 6 heteroatoms. The average molecular weight is 412 g/mol. The van der Waals surface area contributed by atoms with Gasteiger partial charge in [0, 0.05) is 10.7 Å². The maximum Gasteiger partial charge on any atom is 0.262 e. The lowest BCUT2D eigenvalue weighted by Crippen LogP contribution is -2.20. The normalized spacial score (nSPS) is 10.3. The second kappa shape index (κ2) is 10.4. The molecule has 0 spiro atoms. The van der Waals surface area contributed by atoms with Gasteiger partial charge in [-0.1, -0.05) is 29.8 Å². The van der Waals surface area contributed by atoms with Crippen molar-refractivity contribution >= 4 is 23.2 Å². The summed E-state index contributed by atoms with van der Waals surface area (Å²) in [5.41, 5.74) is 1.54. The van der Waals surface area contributed by atoms with E-state index in [9.17, 15) is 4.79 Å². The van der Waals surface area contributed by atoms with Gasteiger partial charge in [-0.3, -0.25) is 4.79 Å². The number of amides is 1. The molecule has 29 heavy (non-hydrogen) atoms. The molecule has 0 unspecified atom stereocenters. The van der Waals surface area contributed by atoms with E-state index in [4.69, 9.17) is 25.8 Å². The van der Waals surface area contributed by atoms with Gasteiger partial charge in [0.1, 0.15) is 30.5 Å². The van der Waals surface area contributed by atoms with Crippen molar-refractivity contribution < 1.29 is 19.0 Å². The number of carbonyl (C=O) groups is 1. The van der Waals surface area contributed by atoms with Crippen LogP contribution in [0.2, 0.25) is 5.02 Å². The minimum atomic E-state index is -0.246. The molecule has 3 aromatic rings. The SMILES string of the molecule is Cc1cc(Cl)ccc1OCC(=O)Nc1ccc(OCCOc2ccccc2)cc1. The van der Waals surface area contributed by atoms with Gasteiger partial charge < -0.3 is 19.5 Å². The van der Waals surface area contributed by atoms with Gasteiger partial charge in [-0.15, -0.1) is 0 Å². The maximum absolute atomic E-state index is 12.1. The van der Waals surface area contributed by atoms with Crippen LogP contribution in [-0.4, -0.2) is 25.7 Å². The van der Waals surface area contributed by atoms with Crippen molar-refractivity contribution in [3.05, 3.63) is 83.4 Å². The Bertz CT molecular complexity index is 929. The zero-order valence-corrected chi connectivity index (χ0v) is 16.8. The van der Waals surface area contributed by atoms with Gasteiger partial charge in [-0.05, 0) is 67.1 Å². The molecule has 3 aromatic carbocycles. The number of halogens is 1. The van der Waals surface area contributed by atoms with Crippen molar-refractivity contribution in [1.82, 2.24) is 0 Å². The van der Waals surface area contributed by atoms with Crippen LogP contribution in [0, 0.1) is 6.92 Å². The van der Waals surface area contributed by atoms with E-state index in [0.717, 1.165) is 11.3 Å². The smallest absolute Gasteiger partial charge is 0.262 e. The molecule has 1 N–H and O–H groups in total. The first-order valence-corrected chi connectivity index (χ1v) is 9.57. The lowest BCUT2D eigenvalue weighted by atomic mass is 10.2. The first-order chi connectivity index (χ1) is 14.1. The summed E-state index contributed by atoms with van der Waals surface area (Å²) in [6.45, 7) is 2.67. The summed E-state index contributed by atoms with van der Waals surface area (Å²) in [5.74, 6) is 1.90. The number of benzene rings is 3. The van der Waals surface area contributed by atoms with Crippen LogP contribution in [0.25, 0.3) is 0 Å². The molecule has 0 atom stereocenters. The summed E-state index contributed by atoms with van der Waals surface area (Å²) in [4.78, 5) is 12.1.